The highest BCUT2D eigenvalue weighted by Gasteiger charge is 2.27. The molecule has 4 heterocycles. The van der Waals surface area contributed by atoms with Crippen molar-refractivity contribution in [3.63, 3.8) is 0 Å². The Morgan fingerprint density at radius 1 is 1.24 bits per heavy atom. The highest BCUT2D eigenvalue weighted by molar-refractivity contribution is 5.81. The van der Waals surface area contributed by atoms with Gasteiger partial charge >= 0.3 is 5.69 Å². The van der Waals surface area contributed by atoms with Crippen LogP contribution in [0, 0.1) is 15.9 Å². The van der Waals surface area contributed by atoms with Gasteiger partial charge in [-0.3, -0.25) is 10.1 Å². The first kappa shape index (κ1) is 22.7. The van der Waals surface area contributed by atoms with Gasteiger partial charge in [-0.15, -0.1) is 0 Å². The predicted molar refractivity (Wildman–Crippen MR) is 123 cm³/mol. The van der Waals surface area contributed by atoms with Crippen molar-refractivity contribution in [2.45, 2.75) is 51.2 Å². The number of nitro groups is 1. The van der Waals surface area contributed by atoms with E-state index in [4.69, 9.17) is 9.47 Å². The maximum Gasteiger partial charge on any atom is 0.318 e. The van der Waals surface area contributed by atoms with Crippen molar-refractivity contribution >= 4 is 16.7 Å². The summed E-state index contributed by atoms with van der Waals surface area (Å²) in [6.45, 7) is 4.18. The normalized spacial score (nSPS) is 19.5. The molecule has 0 saturated carbocycles. The van der Waals surface area contributed by atoms with Crippen molar-refractivity contribution in [2.75, 3.05) is 32.8 Å². The van der Waals surface area contributed by atoms with E-state index in [1.807, 2.05) is 0 Å². The molecule has 2 aliphatic heterocycles. The molecule has 0 bridgehead atoms. The first-order valence-corrected chi connectivity index (χ1v) is 12.0. The summed E-state index contributed by atoms with van der Waals surface area (Å²) in [6, 6.07) is 2.83. The molecule has 0 amide bonds. The number of halogens is 1. The first-order valence-electron chi connectivity index (χ1n) is 12.0. The molecule has 1 unspecified atom stereocenters. The van der Waals surface area contributed by atoms with Gasteiger partial charge in [0.05, 0.1) is 22.6 Å². The minimum Gasteiger partial charge on any atom is -0.490 e. The third kappa shape index (κ3) is 4.90. The van der Waals surface area contributed by atoms with Crippen LogP contribution in [0.1, 0.15) is 51.2 Å². The number of aromatic amines is 1. The highest BCUT2D eigenvalue weighted by Crippen LogP contribution is 2.33. The molecule has 1 atom stereocenters. The van der Waals surface area contributed by atoms with Gasteiger partial charge in [-0.05, 0) is 51.6 Å². The van der Waals surface area contributed by atoms with Crippen molar-refractivity contribution in [1.82, 2.24) is 24.6 Å². The summed E-state index contributed by atoms with van der Waals surface area (Å²) in [5.41, 5.74) is 0.800. The van der Waals surface area contributed by atoms with Gasteiger partial charge in [0.1, 0.15) is 12.4 Å². The van der Waals surface area contributed by atoms with Crippen molar-refractivity contribution in [3.8, 4) is 17.3 Å². The summed E-state index contributed by atoms with van der Waals surface area (Å²) in [7, 11) is 0. The van der Waals surface area contributed by atoms with Crippen LogP contribution < -0.4 is 4.74 Å². The molecular formula is C23H29FN6O4. The lowest BCUT2D eigenvalue weighted by Gasteiger charge is -2.26. The second-order valence-corrected chi connectivity index (χ2v) is 8.91. The van der Waals surface area contributed by atoms with Crippen molar-refractivity contribution in [2.24, 2.45) is 0 Å². The molecule has 1 N–H and O–H groups in total. The lowest BCUT2D eigenvalue weighted by molar-refractivity contribution is -0.384. The quantitative estimate of drug-likeness (QED) is 0.293. The van der Waals surface area contributed by atoms with Crippen LogP contribution in [0.25, 0.3) is 22.6 Å². The number of imidazole rings is 1. The van der Waals surface area contributed by atoms with E-state index < -0.39 is 10.7 Å². The van der Waals surface area contributed by atoms with E-state index in [-0.39, 0.29) is 29.2 Å². The molecule has 5 rings (SSSR count). The third-order valence-corrected chi connectivity index (χ3v) is 6.44. The van der Waals surface area contributed by atoms with E-state index in [1.54, 1.807) is 6.07 Å². The topological polar surface area (TPSA) is 111 Å². The SMILES string of the molecule is O=[N+]([O-])c1cn(C2CCCCO2)nc1-c1nc2cc(F)c(OCCCN3CCCCC3)cc2[nH]1. The fourth-order valence-corrected chi connectivity index (χ4v) is 4.65. The number of benzene rings is 1. The molecule has 34 heavy (non-hydrogen) atoms. The zero-order chi connectivity index (χ0) is 23.5. The van der Waals surface area contributed by atoms with Crippen LogP contribution in [-0.4, -0.2) is 62.4 Å². The average Bonchev–Trinajstić information content (AvgIpc) is 3.47. The highest BCUT2D eigenvalue weighted by atomic mass is 19.1. The van der Waals surface area contributed by atoms with Crippen molar-refractivity contribution < 1.29 is 18.8 Å². The number of nitrogens with one attached hydrogen (secondary N) is 1. The van der Waals surface area contributed by atoms with E-state index in [1.165, 1.54) is 36.2 Å². The smallest absolute Gasteiger partial charge is 0.318 e. The van der Waals surface area contributed by atoms with Gasteiger partial charge in [0.25, 0.3) is 0 Å². The van der Waals surface area contributed by atoms with Crippen molar-refractivity contribution in [3.05, 3.63) is 34.3 Å². The van der Waals surface area contributed by atoms with Gasteiger partial charge in [0.15, 0.2) is 17.4 Å². The van der Waals surface area contributed by atoms with E-state index in [0.29, 0.717) is 24.2 Å². The van der Waals surface area contributed by atoms with E-state index in [9.17, 15) is 14.5 Å². The molecule has 11 heteroatoms. The molecule has 1 aromatic carbocycles. The number of aromatic nitrogens is 4. The Bertz CT molecular complexity index is 1150. The Morgan fingerprint density at radius 2 is 2.09 bits per heavy atom. The van der Waals surface area contributed by atoms with Crippen LogP contribution in [0.5, 0.6) is 5.75 Å². The first-order chi connectivity index (χ1) is 16.6. The van der Waals surface area contributed by atoms with Crippen LogP contribution in [-0.2, 0) is 4.74 Å². The molecule has 0 spiro atoms. The van der Waals surface area contributed by atoms with E-state index >= 15 is 0 Å². The summed E-state index contributed by atoms with van der Waals surface area (Å²) in [6.07, 6.45) is 8.28. The molecule has 10 nitrogen and oxygen atoms in total. The Balaban J connectivity index is 1.32. The lowest BCUT2D eigenvalue weighted by Crippen LogP contribution is -2.31. The minimum absolute atomic E-state index is 0.0970. The molecular weight excluding hydrogens is 443 g/mol. The van der Waals surface area contributed by atoms with E-state index in [2.05, 4.69) is 20.0 Å². The van der Waals surface area contributed by atoms with Crippen LogP contribution in [0.2, 0.25) is 0 Å². The molecule has 182 valence electrons. The number of ether oxygens (including phenoxy) is 2. The Kier molecular flexibility index (Phi) is 6.73. The Hall–Kier alpha value is -3.05. The summed E-state index contributed by atoms with van der Waals surface area (Å²) in [4.78, 5) is 21.0. The Labute approximate surface area is 196 Å². The zero-order valence-electron chi connectivity index (χ0n) is 19.0. The maximum absolute atomic E-state index is 14.6. The summed E-state index contributed by atoms with van der Waals surface area (Å²) >= 11 is 0. The van der Waals surface area contributed by atoms with Crippen LogP contribution in [0.3, 0.4) is 0 Å². The van der Waals surface area contributed by atoms with Gasteiger partial charge in [0.2, 0.25) is 5.69 Å². The summed E-state index contributed by atoms with van der Waals surface area (Å²) in [5, 5.41) is 16.1. The molecule has 2 aliphatic rings. The summed E-state index contributed by atoms with van der Waals surface area (Å²) < 4.78 is 27.5. The number of nitrogens with zero attached hydrogens (tertiary/aromatic N) is 5. The standard InChI is InChI=1S/C23H29FN6O4/c24-16-13-17-18(14-20(16)33-12-6-10-28-8-3-1-4-9-28)26-23(25-17)22-19(30(31)32)15-29(27-22)21-7-2-5-11-34-21/h13-15,21H,1-12H2,(H,25,26). The number of fused-ring (bicyclic) bond motifs is 1. The van der Waals surface area contributed by atoms with Gasteiger partial charge in [-0.2, -0.15) is 5.10 Å². The number of hydrogen-bond donors (Lipinski definition) is 1. The fraction of sp³-hybridized carbons (Fsp3) is 0.565. The number of likely N-dealkylation sites (tertiary alicyclic amines) is 1. The largest absolute Gasteiger partial charge is 0.490 e. The lowest BCUT2D eigenvalue weighted by atomic mass is 10.1. The van der Waals surface area contributed by atoms with Gasteiger partial charge in [0, 0.05) is 25.3 Å². The van der Waals surface area contributed by atoms with Crippen LogP contribution in [0.15, 0.2) is 18.3 Å². The van der Waals surface area contributed by atoms with Crippen molar-refractivity contribution in [1.29, 1.82) is 0 Å². The fourth-order valence-electron chi connectivity index (χ4n) is 4.65. The molecule has 0 radical (unpaired) electrons. The minimum atomic E-state index is -0.515. The van der Waals surface area contributed by atoms with Gasteiger partial charge in [-0.25, -0.2) is 14.1 Å². The van der Waals surface area contributed by atoms with E-state index in [0.717, 1.165) is 45.3 Å². The zero-order valence-corrected chi connectivity index (χ0v) is 19.0. The number of hydrogen-bond acceptors (Lipinski definition) is 7. The number of H-pyrrole nitrogens is 1. The molecule has 2 aromatic heterocycles. The molecule has 0 aliphatic carbocycles. The number of piperidine rings is 1. The second kappa shape index (κ2) is 10.1. The predicted octanol–water partition coefficient (Wildman–Crippen LogP) is 4.43. The second-order valence-electron chi connectivity index (χ2n) is 8.91. The molecule has 2 fully saturated rings. The number of rotatable bonds is 8. The molecule has 3 aromatic rings. The molecule has 2 saturated heterocycles. The Morgan fingerprint density at radius 3 is 2.85 bits per heavy atom. The maximum atomic E-state index is 14.6. The summed E-state index contributed by atoms with van der Waals surface area (Å²) in [5.74, 6) is -0.172. The van der Waals surface area contributed by atoms with Gasteiger partial charge < -0.3 is 19.4 Å². The monoisotopic (exact) mass is 472 g/mol. The van der Waals surface area contributed by atoms with Crippen LogP contribution >= 0.6 is 0 Å². The van der Waals surface area contributed by atoms with Crippen LogP contribution in [0.4, 0.5) is 10.1 Å². The van der Waals surface area contributed by atoms with Gasteiger partial charge in [-0.1, -0.05) is 6.42 Å². The third-order valence-electron chi connectivity index (χ3n) is 6.44. The average molecular weight is 473 g/mol.